The van der Waals surface area contributed by atoms with E-state index in [1.54, 1.807) is 97.8 Å². The molecule has 14 aromatic rings. The molecule has 16 heteroatoms. The summed E-state index contributed by atoms with van der Waals surface area (Å²) < 4.78 is 27.6. The molecule has 0 atom stereocenters. The van der Waals surface area contributed by atoms with Gasteiger partial charge in [-0.2, -0.15) is 0 Å². The molecule has 8 heterocycles. The van der Waals surface area contributed by atoms with E-state index in [4.69, 9.17) is 8.83 Å². The zero-order valence-corrected chi connectivity index (χ0v) is 59.3. The van der Waals surface area contributed by atoms with Crippen molar-refractivity contribution in [3.8, 4) is 33.4 Å². The molecule has 490 valence electrons. The number of thiazole rings is 2. The van der Waals surface area contributed by atoms with Crippen molar-refractivity contribution in [2.75, 3.05) is 0 Å². The fraction of sp³-hybridized carbons (Fsp3) is 0.231. The van der Waals surface area contributed by atoms with Gasteiger partial charge >= 0.3 is 0 Å². The number of aryl methyl sites for hydroxylation is 18. The molecule has 0 saturated heterocycles. The average Bonchev–Trinajstić information content (AvgIpc) is 1.38. The van der Waals surface area contributed by atoms with Gasteiger partial charge in [0.15, 0.2) is 18.7 Å². The summed E-state index contributed by atoms with van der Waals surface area (Å²) in [6, 6.07) is 47.1. The lowest BCUT2D eigenvalue weighted by Gasteiger charge is -2.13. The van der Waals surface area contributed by atoms with Crippen molar-refractivity contribution >= 4 is 22.7 Å². The van der Waals surface area contributed by atoms with E-state index >= 15 is 0 Å². The minimum atomic E-state index is 0.718. The van der Waals surface area contributed by atoms with Crippen LogP contribution in [0.2, 0.25) is 0 Å². The fourth-order valence-electron chi connectivity index (χ4n) is 8.71. The Kier molecular flexibility index (Phi) is 34.7. The van der Waals surface area contributed by atoms with Crippen LogP contribution in [0.5, 0.6) is 0 Å². The van der Waals surface area contributed by atoms with Gasteiger partial charge in [-0.25, -0.2) is 15.0 Å². The molecule has 6 aromatic carbocycles. The van der Waals surface area contributed by atoms with Gasteiger partial charge in [0, 0.05) is 47.3 Å². The van der Waals surface area contributed by atoms with Gasteiger partial charge in [-0.15, -0.1) is 22.7 Å². The highest BCUT2D eigenvalue weighted by Gasteiger charge is 2.09. The van der Waals surface area contributed by atoms with E-state index in [0.29, 0.717) is 0 Å². The number of oxazole rings is 3. The van der Waals surface area contributed by atoms with Crippen molar-refractivity contribution in [2.24, 2.45) is 0 Å². The normalized spacial score (nSPS) is 9.60. The standard InChI is InChI=1S/C16H18.2C15H16.6C4H5NO.2C4H5NS/c1-11-9-13(3)16(14(4)10-11)15-8-6-5-7-12(15)2;1-11-8-12(2)10-14(9-11)15-7-5-4-6-13(15)3;1-11-8-9-15(13(3)10-11)14-7-5-4-6-12(14)2;1-4-2-6-3-5-4;1-4-2-5-3-6-4;1-4-2-5-6-3-4;1-4-5-2-3-6-4;1-4-2-3-6-5-4;1-4-2-3-5-6-4;1-4-2-5-3-6-4;1-4-5-2-3-6-4/h5-10H,1-4H3;2*4-10H,1-3H3;8*2-3H,1H3. The van der Waals surface area contributed by atoms with Crippen LogP contribution in [0.25, 0.3) is 33.4 Å². The van der Waals surface area contributed by atoms with Crippen LogP contribution < -0.4 is 0 Å². The highest BCUT2D eigenvalue weighted by atomic mass is 32.1. The summed E-state index contributed by atoms with van der Waals surface area (Å²) in [5.41, 5.74) is 26.3. The zero-order valence-electron chi connectivity index (χ0n) is 57.6. The van der Waals surface area contributed by atoms with Crippen molar-refractivity contribution in [2.45, 2.75) is 125 Å². The summed E-state index contributed by atoms with van der Waals surface area (Å²) in [4.78, 5) is 20.2. The minimum Gasteiger partial charge on any atom is -0.452 e. The molecule has 94 heavy (non-hydrogen) atoms. The van der Waals surface area contributed by atoms with Crippen molar-refractivity contribution in [3.05, 3.63) is 319 Å². The largest absolute Gasteiger partial charge is 0.452 e. The first-order valence-corrected chi connectivity index (χ1v) is 32.1. The SMILES string of the molecule is Cc1cc(C)c(-c2ccccc2C)c(C)c1.Cc1cc(C)cc(-c2ccccc2C)c1.Cc1ccc(-c2ccccc2C)c(C)c1.Cc1ccno1.Cc1ccon1.Cc1cnco1.Cc1cncs1.Cc1cnoc1.Cc1cocn1.Cc1ncco1.Cc1nccs1. The maximum Gasteiger partial charge on any atom is 0.190 e. The molecular formula is C78H90N8O6S2. The first kappa shape index (κ1) is 76.3. The van der Waals surface area contributed by atoms with E-state index in [2.05, 4.69) is 249 Å². The third kappa shape index (κ3) is 30.8. The molecular weight excluding hydrogens is 1210 g/mol. The van der Waals surface area contributed by atoms with Crippen LogP contribution in [-0.2, 0) is 0 Å². The summed E-state index contributed by atoms with van der Waals surface area (Å²) >= 11 is 3.33. The van der Waals surface area contributed by atoms with Crippen LogP contribution in [-0.4, -0.2) is 40.4 Å². The number of aromatic nitrogens is 8. The third-order valence-electron chi connectivity index (χ3n) is 13.1. The van der Waals surface area contributed by atoms with Crippen LogP contribution >= 0.6 is 22.7 Å². The molecule has 0 bridgehead atoms. The summed E-state index contributed by atoms with van der Waals surface area (Å²) in [5.74, 6) is 2.43. The number of benzene rings is 6. The Balaban J connectivity index is 0.000000227. The first-order chi connectivity index (χ1) is 45.1. The minimum absolute atomic E-state index is 0.718. The topological polar surface area (TPSA) is 182 Å². The van der Waals surface area contributed by atoms with E-state index in [9.17, 15) is 0 Å². The number of rotatable bonds is 3. The quantitative estimate of drug-likeness (QED) is 0.163. The summed E-state index contributed by atoms with van der Waals surface area (Å²) in [5, 5.41) is 13.5. The monoisotopic (exact) mass is 1300 g/mol. The fourth-order valence-corrected chi connectivity index (χ4v) is 9.56. The van der Waals surface area contributed by atoms with Gasteiger partial charge in [-0.05, 0) is 184 Å². The van der Waals surface area contributed by atoms with Crippen molar-refractivity contribution in [3.63, 3.8) is 0 Å². The molecule has 0 amide bonds. The lowest BCUT2D eigenvalue weighted by Crippen LogP contribution is -1.91. The molecule has 0 aliphatic rings. The smallest absolute Gasteiger partial charge is 0.190 e. The lowest BCUT2D eigenvalue weighted by molar-refractivity contribution is 0.397. The van der Waals surface area contributed by atoms with Crippen LogP contribution in [0, 0.1) is 125 Å². The van der Waals surface area contributed by atoms with Gasteiger partial charge in [0.2, 0.25) is 0 Å². The van der Waals surface area contributed by atoms with E-state index in [0.717, 1.165) is 39.4 Å². The van der Waals surface area contributed by atoms with Gasteiger partial charge in [-0.3, -0.25) is 9.97 Å². The highest BCUT2D eigenvalue weighted by molar-refractivity contribution is 7.09. The molecule has 0 unspecified atom stereocenters. The van der Waals surface area contributed by atoms with Gasteiger partial charge in [0.05, 0.1) is 46.7 Å². The van der Waals surface area contributed by atoms with Crippen LogP contribution in [0.3, 0.4) is 0 Å². The van der Waals surface area contributed by atoms with Crippen LogP contribution in [0.1, 0.15) is 99.9 Å². The van der Waals surface area contributed by atoms with Gasteiger partial charge in [-0.1, -0.05) is 159 Å². The number of nitrogens with zero attached hydrogens (tertiary/aromatic N) is 8. The van der Waals surface area contributed by atoms with E-state index in [-0.39, 0.29) is 0 Å². The second-order valence-corrected chi connectivity index (χ2v) is 24.0. The molecule has 14 nitrogen and oxygen atoms in total. The molecule has 8 aromatic heterocycles. The molecule has 0 radical (unpaired) electrons. The second kappa shape index (κ2) is 42.8. The third-order valence-corrected chi connectivity index (χ3v) is 14.5. The first-order valence-electron chi connectivity index (χ1n) is 30.4. The Morgan fingerprint density at radius 1 is 0.383 bits per heavy atom. The van der Waals surface area contributed by atoms with Crippen LogP contribution in [0.4, 0.5) is 0 Å². The second-order valence-electron chi connectivity index (χ2n) is 21.8. The zero-order chi connectivity index (χ0) is 68.6. The average molecular weight is 1300 g/mol. The lowest BCUT2D eigenvalue weighted by atomic mass is 9.91. The van der Waals surface area contributed by atoms with E-state index in [1.807, 2.05) is 65.6 Å². The molecule has 0 N–H and O–H groups in total. The van der Waals surface area contributed by atoms with E-state index < -0.39 is 0 Å². The molecule has 0 fully saturated rings. The number of hydrogen-bond acceptors (Lipinski definition) is 16. The molecule has 14 rings (SSSR count). The van der Waals surface area contributed by atoms with Crippen LogP contribution in [0.15, 0.2) is 246 Å². The highest BCUT2D eigenvalue weighted by Crippen LogP contribution is 2.31. The van der Waals surface area contributed by atoms with Gasteiger partial charge in [0.25, 0.3) is 0 Å². The molecule has 0 aliphatic heterocycles. The predicted octanol–water partition coefficient (Wildman–Crippen LogP) is 21.9. The van der Waals surface area contributed by atoms with Gasteiger partial charge < -0.3 is 26.8 Å². The van der Waals surface area contributed by atoms with Crippen molar-refractivity contribution in [1.82, 2.24) is 40.4 Å². The Morgan fingerprint density at radius 2 is 1.00 bits per heavy atom. The summed E-state index contributed by atoms with van der Waals surface area (Å²) in [7, 11) is 0. The Morgan fingerprint density at radius 3 is 1.32 bits per heavy atom. The molecule has 0 saturated carbocycles. The predicted molar refractivity (Wildman–Crippen MR) is 384 cm³/mol. The molecule has 0 spiro atoms. The maximum absolute atomic E-state index is 4.72. The number of hydrogen-bond donors (Lipinski definition) is 0. The Hall–Kier alpha value is -10.2. The van der Waals surface area contributed by atoms with Crippen molar-refractivity contribution < 1.29 is 26.8 Å². The van der Waals surface area contributed by atoms with E-state index in [1.165, 1.54) is 107 Å². The molecule has 0 aliphatic carbocycles. The van der Waals surface area contributed by atoms with Crippen molar-refractivity contribution in [1.29, 1.82) is 0 Å². The Labute approximate surface area is 563 Å². The summed E-state index contributed by atoms with van der Waals surface area (Å²) in [6.45, 7) is 36.9. The summed E-state index contributed by atoms with van der Waals surface area (Å²) in [6.07, 6.45) is 19.4. The Bertz CT molecular complexity index is 3730. The maximum atomic E-state index is 4.72. The van der Waals surface area contributed by atoms with Gasteiger partial charge in [0.1, 0.15) is 36.6 Å².